The Hall–Kier alpha value is -1.99. The number of ether oxygens (including phenoxy) is 1. The summed E-state index contributed by atoms with van der Waals surface area (Å²) >= 11 is 1.35. The van der Waals surface area contributed by atoms with Crippen LogP contribution in [0.15, 0.2) is 24.3 Å². The van der Waals surface area contributed by atoms with Gasteiger partial charge in [-0.2, -0.15) is 0 Å². The molecule has 2 rings (SSSR count). The lowest BCUT2D eigenvalue weighted by Gasteiger charge is -2.07. The van der Waals surface area contributed by atoms with Gasteiger partial charge in [-0.1, -0.05) is 23.5 Å². The summed E-state index contributed by atoms with van der Waals surface area (Å²) in [7, 11) is 0. The molecule has 0 saturated carbocycles. The predicted molar refractivity (Wildman–Crippen MR) is 71.3 cm³/mol. The van der Waals surface area contributed by atoms with Crippen molar-refractivity contribution in [1.29, 1.82) is 0 Å². The van der Waals surface area contributed by atoms with E-state index < -0.39 is 18.0 Å². The predicted octanol–water partition coefficient (Wildman–Crippen LogP) is 1.72. The third-order valence-corrected chi connectivity index (χ3v) is 3.30. The van der Waals surface area contributed by atoms with Crippen LogP contribution in [-0.4, -0.2) is 34.7 Å². The lowest BCUT2D eigenvalue weighted by molar-refractivity contribution is -0.150. The zero-order chi connectivity index (χ0) is 13.8. The number of anilines is 1. The van der Waals surface area contributed by atoms with Crippen LogP contribution in [0.2, 0.25) is 0 Å². The molecular formula is C12H12N2O4S. The minimum Gasteiger partial charge on any atom is -0.479 e. The monoisotopic (exact) mass is 280 g/mol. The second-order valence-corrected chi connectivity index (χ2v) is 4.86. The minimum absolute atomic E-state index is 0.316. The Kier molecular flexibility index (Phi) is 4.08. The van der Waals surface area contributed by atoms with Gasteiger partial charge >= 0.3 is 5.97 Å². The van der Waals surface area contributed by atoms with E-state index in [0.29, 0.717) is 5.13 Å². The van der Waals surface area contributed by atoms with Gasteiger partial charge in [0.2, 0.25) is 0 Å². The number of carbonyl (C=O) groups is 2. The lowest BCUT2D eigenvalue weighted by Crippen LogP contribution is -2.26. The maximum Gasteiger partial charge on any atom is 0.332 e. The quantitative estimate of drug-likeness (QED) is 0.870. The van der Waals surface area contributed by atoms with Gasteiger partial charge in [0, 0.05) is 0 Å². The number of aliphatic carboxylic acids is 1. The van der Waals surface area contributed by atoms with E-state index >= 15 is 0 Å². The first kappa shape index (κ1) is 13.4. The molecule has 2 aromatic rings. The molecule has 0 spiro atoms. The summed E-state index contributed by atoms with van der Waals surface area (Å²) in [5.74, 6) is -1.53. The highest BCUT2D eigenvalue weighted by Crippen LogP contribution is 2.25. The van der Waals surface area contributed by atoms with Crippen LogP contribution in [-0.2, 0) is 14.3 Å². The summed E-state index contributed by atoms with van der Waals surface area (Å²) in [4.78, 5) is 26.3. The molecule has 0 aliphatic carbocycles. The number of thiazole rings is 1. The normalized spacial score (nSPS) is 12.3. The number of carboxylic acids is 1. The number of carbonyl (C=O) groups excluding carboxylic acids is 1. The maximum atomic E-state index is 11.6. The summed E-state index contributed by atoms with van der Waals surface area (Å²) in [6.45, 7) is 1.05. The topological polar surface area (TPSA) is 88.5 Å². The molecule has 1 unspecified atom stereocenters. The molecule has 0 radical (unpaired) electrons. The number of hydrogen-bond donors (Lipinski definition) is 2. The van der Waals surface area contributed by atoms with Gasteiger partial charge in [0.25, 0.3) is 5.91 Å². The molecule has 1 heterocycles. The van der Waals surface area contributed by atoms with Gasteiger partial charge in [0.1, 0.15) is 6.61 Å². The molecule has 0 bridgehead atoms. The molecular weight excluding hydrogens is 268 g/mol. The van der Waals surface area contributed by atoms with Gasteiger partial charge in [-0.25, -0.2) is 9.78 Å². The van der Waals surface area contributed by atoms with Crippen molar-refractivity contribution in [2.24, 2.45) is 0 Å². The largest absolute Gasteiger partial charge is 0.479 e. The highest BCUT2D eigenvalue weighted by Gasteiger charge is 2.14. The summed E-state index contributed by atoms with van der Waals surface area (Å²) in [6, 6.07) is 7.52. The van der Waals surface area contributed by atoms with Crippen LogP contribution in [0.4, 0.5) is 5.13 Å². The maximum absolute atomic E-state index is 11.6. The van der Waals surface area contributed by atoms with Gasteiger partial charge in [-0.3, -0.25) is 10.1 Å². The van der Waals surface area contributed by atoms with Crippen molar-refractivity contribution in [3.05, 3.63) is 24.3 Å². The summed E-state index contributed by atoms with van der Waals surface area (Å²) in [5, 5.41) is 11.7. The average molecular weight is 280 g/mol. The highest BCUT2D eigenvalue weighted by atomic mass is 32.1. The van der Waals surface area contributed by atoms with Gasteiger partial charge in [0.05, 0.1) is 10.2 Å². The third kappa shape index (κ3) is 3.49. The van der Waals surface area contributed by atoms with E-state index in [2.05, 4.69) is 10.3 Å². The fourth-order valence-corrected chi connectivity index (χ4v) is 2.24. The third-order valence-electron chi connectivity index (χ3n) is 2.35. The molecule has 2 N–H and O–H groups in total. The van der Waals surface area contributed by atoms with Crippen LogP contribution < -0.4 is 5.32 Å². The van der Waals surface area contributed by atoms with Crippen molar-refractivity contribution in [3.63, 3.8) is 0 Å². The molecule has 19 heavy (non-hydrogen) atoms. The fourth-order valence-electron chi connectivity index (χ4n) is 1.35. The van der Waals surface area contributed by atoms with Crippen LogP contribution in [0.5, 0.6) is 0 Å². The van der Waals surface area contributed by atoms with Crippen LogP contribution in [0.1, 0.15) is 6.92 Å². The summed E-state index contributed by atoms with van der Waals surface area (Å²) in [6.07, 6.45) is -1.01. The number of para-hydroxylation sites is 1. The molecule has 1 aromatic heterocycles. The first-order valence-corrected chi connectivity index (χ1v) is 6.38. The Morgan fingerprint density at radius 2 is 2.21 bits per heavy atom. The van der Waals surface area contributed by atoms with Crippen molar-refractivity contribution >= 4 is 38.6 Å². The zero-order valence-corrected chi connectivity index (χ0v) is 10.9. The molecule has 1 atom stereocenters. The molecule has 0 fully saturated rings. The number of rotatable bonds is 5. The molecule has 1 aromatic carbocycles. The number of nitrogens with zero attached hydrogens (tertiary/aromatic N) is 1. The molecule has 0 aliphatic heterocycles. The smallest absolute Gasteiger partial charge is 0.332 e. The number of nitrogens with one attached hydrogen (secondary N) is 1. The average Bonchev–Trinajstić information content (AvgIpc) is 2.77. The first-order valence-electron chi connectivity index (χ1n) is 5.56. The van der Waals surface area contributed by atoms with Crippen molar-refractivity contribution in [3.8, 4) is 0 Å². The second-order valence-electron chi connectivity index (χ2n) is 3.83. The van der Waals surface area contributed by atoms with Crippen molar-refractivity contribution in [2.45, 2.75) is 13.0 Å². The van der Waals surface area contributed by atoms with Crippen LogP contribution in [0, 0.1) is 0 Å². The lowest BCUT2D eigenvalue weighted by atomic mass is 10.3. The van der Waals surface area contributed by atoms with Gasteiger partial charge in [-0.15, -0.1) is 0 Å². The van der Waals surface area contributed by atoms with Crippen LogP contribution >= 0.6 is 11.3 Å². The Morgan fingerprint density at radius 3 is 2.89 bits per heavy atom. The molecule has 100 valence electrons. The molecule has 1 amide bonds. The number of hydrogen-bond acceptors (Lipinski definition) is 5. The van der Waals surface area contributed by atoms with Crippen molar-refractivity contribution < 1.29 is 19.4 Å². The number of amides is 1. The number of aromatic nitrogens is 1. The minimum atomic E-state index is -1.10. The first-order chi connectivity index (χ1) is 9.06. The highest BCUT2D eigenvalue weighted by molar-refractivity contribution is 7.22. The fraction of sp³-hybridized carbons (Fsp3) is 0.250. The summed E-state index contributed by atoms with van der Waals surface area (Å²) in [5.41, 5.74) is 0.808. The van der Waals surface area contributed by atoms with Crippen molar-refractivity contribution in [1.82, 2.24) is 4.98 Å². The second kappa shape index (κ2) is 5.77. The van der Waals surface area contributed by atoms with E-state index in [9.17, 15) is 9.59 Å². The Labute approximate surface area is 113 Å². The van der Waals surface area contributed by atoms with Crippen molar-refractivity contribution in [2.75, 3.05) is 11.9 Å². The molecule has 6 nitrogen and oxygen atoms in total. The Balaban J connectivity index is 1.93. The van der Waals surface area contributed by atoms with Crippen LogP contribution in [0.3, 0.4) is 0 Å². The molecule has 0 saturated heterocycles. The number of fused-ring (bicyclic) bond motifs is 1. The van der Waals surface area contributed by atoms with E-state index in [-0.39, 0.29) is 6.61 Å². The SMILES string of the molecule is CC(OCC(=O)Nc1nc2ccccc2s1)C(=O)O. The van der Waals surface area contributed by atoms with Gasteiger partial charge in [0.15, 0.2) is 11.2 Å². The van der Waals surface area contributed by atoms with E-state index in [0.717, 1.165) is 10.2 Å². The number of benzene rings is 1. The number of carboxylic acid groups (broad SMARTS) is 1. The standard InChI is InChI=1S/C12H12N2O4S/c1-7(11(16)17)18-6-10(15)14-12-13-8-4-2-3-5-9(8)19-12/h2-5,7H,6H2,1H3,(H,16,17)(H,13,14,15). The molecule has 7 heteroatoms. The van der Waals surface area contributed by atoms with Crippen LogP contribution in [0.25, 0.3) is 10.2 Å². The Bertz CT molecular complexity index is 578. The van der Waals surface area contributed by atoms with E-state index in [4.69, 9.17) is 9.84 Å². The zero-order valence-electron chi connectivity index (χ0n) is 10.1. The summed E-state index contributed by atoms with van der Waals surface area (Å²) < 4.78 is 5.85. The van der Waals surface area contributed by atoms with E-state index in [1.807, 2.05) is 24.3 Å². The van der Waals surface area contributed by atoms with E-state index in [1.165, 1.54) is 18.3 Å². The van der Waals surface area contributed by atoms with Gasteiger partial charge < -0.3 is 9.84 Å². The van der Waals surface area contributed by atoms with Gasteiger partial charge in [-0.05, 0) is 19.1 Å². The Morgan fingerprint density at radius 1 is 1.47 bits per heavy atom. The van der Waals surface area contributed by atoms with E-state index in [1.54, 1.807) is 0 Å². The molecule has 0 aliphatic rings.